The fourth-order valence-electron chi connectivity index (χ4n) is 2.04. The summed E-state index contributed by atoms with van der Waals surface area (Å²) in [5.41, 5.74) is 2.32. The van der Waals surface area contributed by atoms with E-state index in [0.717, 1.165) is 11.1 Å². The maximum absolute atomic E-state index is 11.1. The normalized spacial score (nSPS) is 10.8. The van der Waals surface area contributed by atoms with Gasteiger partial charge in [0.25, 0.3) is 0 Å². The van der Waals surface area contributed by atoms with Crippen molar-refractivity contribution in [1.82, 2.24) is 0 Å². The standard InChI is InChI=1S/C17H16ClNO4/c1-10-6-15(22-2)16(23-3)7-11(10)9-19-12-4-5-14(18)13(8-12)17(20)21/h4-9H,1-3H3,(H,20,21). The van der Waals surface area contributed by atoms with Crippen LogP contribution in [-0.4, -0.2) is 31.5 Å². The van der Waals surface area contributed by atoms with Gasteiger partial charge >= 0.3 is 5.97 Å². The van der Waals surface area contributed by atoms with Crippen LogP contribution in [0.25, 0.3) is 0 Å². The fourth-order valence-corrected chi connectivity index (χ4v) is 2.24. The molecule has 0 aromatic heterocycles. The number of aliphatic imine (C=N–C) groups is 1. The van der Waals surface area contributed by atoms with Crippen molar-refractivity contribution in [3.8, 4) is 11.5 Å². The number of ether oxygens (including phenoxy) is 2. The molecule has 2 aromatic carbocycles. The predicted octanol–water partition coefficient (Wildman–Crippen LogP) is 4.11. The second kappa shape index (κ2) is 7.15. The van der Waals surface area contributed by atoms with Crippen LogP contribution in [-0.2, 0) is 0 Å². The van der Waals surface area contributed by atoms with Gasteiger partial charge in [0.05, 0.1) is 30.5 Å². The summed E-state index contributed by atoms with van der Waals surface area (Å²) in [5, 5.41) is 9.26. The lowest BCUT2D eigenvalue weighted by molar-refractivity contribution is 0.0697. The van der Waals surface area contributed by atoms with Crippen molar-refractivity contribution in [2.45, 2.75) is 6.92 Å². The van der Waals surface area contributed by atoms with E-state index in [1.165, 1.54) is 12.1 Å². The fraction of sp³-hybridized carbons (Fsp3) is 0.176. The molecular formula is C17H16ClNO4. The summed E-state index contributed by atoms with van der Waals surface area (Å²) in [6.07, 6.45) is 1.65. The molecule has 0 bridgehead atoms. The van der Waals surface area contributed by atoms with Crippen LogP contribution in [0.1, 0.15) is 21.5 Å². The van der Waals surface area contributed by atoms with Crippen LogP contribution in [0.5, 0.6) is 11.5 Å². The average molecular weight is 334 g/mol. The molecule has 2 rings (SSSR count). The smallest absolute Gasteiger partial charge is 0.337 e. The molecule has 0 aliphatic carbocycles. The summed E-state index contributed by atoms with van der Waals surface area (Å²) in [6.45, 7) is 1.92. The molecule has 6 heteroatoms. The Labute approximate surface area is 139 Å². The highest BCUT2D eigenvalue weighted by atomic mass is 35.5. The molecule has 0 radical (unpaired) electrons. The molecule has 2 aromatic rings. The quantitative estimate of drug-likeness (QED) is 0.836. The number of rotatable bonds is 5. The lowest BCUT2D eigenvalue weighted by Gasteiger charge is -2.10. The van der Waals surface area contributed by atoms with E-state index < -0.39 is 5.97 Å². The van der Waals surface area contributed by atoms with E-state index in [1.807, 2.05) is 19.1 Å². The second-order valence-corrected chi connectivity index (χ2v) is 5.20. The maximum Gasteiger partial charge on any atom is 0.337 e. The zero-order valence-electron chi connectivity index (χ0n) is 13.0. The third-order valence-corrected chi connectivity index (χ3v) is 3.63. The number of carboxylic acids is 1. The predicted molar refractivity (Wildman–Crippen MR) is 89.9 cm³/mol. The van der Waals surface area contributed by atoms with Gasteiger partial charge in [0, 0.05) is 6.21 Å². The van der Waals surface area contributed by atoms with Crippen LogP contribution in [0, 0.1) is 6.92 Å². The Balaban J connectivity index is 2.37. The summed E-state index contributed by atoms with van der Waals surface area (Å²) in [6, 6.07) is 8.26. The highest BCUT2D eigenvalue weighted by molar-refractivity contribution is 6.33. The number of carbonyl (C=O) groups is 1. The van der Waals surface area contributed by atoms with E-state index in [4.69, 9.17) is 26.2 Å². The van der Waals surface area contributed by atoms with Crippen LogP contribution in [0.3, 0.4) is 0 Å². The molecule has 5 nitrogen and oxygen atoms in total. The Morgan fingerprint density at radius 1 is 1.17 bits per heavy atom. The number of hydrogen-bond acceptors (Lipinski definition) is 4. The van der Waals surface area contributed by atoms with Gasteiger partial charge in [-0.3, -0.25) is 4.99 Å². The van der Waals surface area contributed by atoms with Gasteiger partial charge in [-0.2, -0.15) is 0 Å². The number of aryl methyl sites for hydroxylation is 1. The van der Waals surface area contributed by atoms with Gasteiger partial charge in [0.15, 0.2) is 11.5 Å². The first kappa shape index (κ1) is 16.8. The topological polar surface area (TPSA) is 68.1 Å². The van der Waals surface area contributed by atoms with Gasteiger partial charge < -0.3 is 14.6 Å². The highest BCUT2D eigenvalue weighted by Gasteiger charge is 2.10. The van der Waals surface area contributed by atoms with Crippen molar-refractivity contribution in [3.05, 3.63) is 52.0 Å². The Kier molecular flexibility index (Phi) is 5.24. The van der Waals surface area contributed by atoms with Crippen molar-refractivity contribution < 1.29 is 19.4 Å². The molecule has 0 amide bonds. The molecular weight excluding hydrogens is 318 g/mol. The lowest BCUT2D eigenvalue weighted by Crippen LogP contribution is -1.97. The van der Waals surface area contributed by atoms with Gasteiger partial charge in [0.1, 0.15) is 0 Å². The molecule has 0 aliphatic rings. The van der Waals surface area contributed by atoms with E-state index in [2.05, 4.69) is 4.99 Å². The van der Waals surface area contributed by atoms with E-state index >= 15 is 0 Å². The zero-order chi connectivity index (χ0) is 17.0. The molecule has 120 valence electrons. The number of benzene rings is 2. The summed E-state index contributed by atoms with van der Waals surface area (Å²) in [5.74, 6) is 0.151. The SMILES string of the molecule is COc1cc(C)c(C=Nc2ccc(Cl)c(C(=O)O)c2)cc1OC. The highest BCUT2D eigenvalue weighted by Crippen LogP contribution is 2.30. The van der Waals surface area contributed by atoms with Gasteiger partial charge in [-0.1, -0.05) is 11.6 Å². The van der Waals surface area contributed by atoms with E-state index in [-0.39, 0.29) is 10.6 Å². The Bertz CT molecular complexity index is 771. The largest absolute Gasteiger partial charge is 0.493 e. The first-order valence-electron chi connectivity index (χ1n) is 6.75. The van der Waals surface area contributed by atoms with Crippen molar-refractivity contribution in [2.75, 3.05) is 14.2 Å². The van der Waals surface area contributed by atoms with Crippen LogP contribution < -0.4 is 9.47 Å². The lowest BCUT2D eigenvalue weighted by atomic mass is 10.1. The van der Waals surface area contributed by atoms with Crippen molar-refractivity contribution >= 4 is 29.5 Å². The van der Waals surface area contributed by atoms with Crippen molar-refractivity contribution in [2.24, 2.45) is 4.99 Å². The molecule has 0 saturated heterocycles. The number of nitrogens with zero attached hydrogens (tertiary/aromatic N) is 1. The van der Waals surface area contributed by atoms with Gasteiger partial charge in [-0.15, -0.1) is 0 Å². The molecule has 0 atom stereocenters. The Morgan fingerprint density at radius 2 is 1.83 bits per heavy atom. The average Bonchev–Trinajstić information content (AvgIpc) is 2.54. The summed E-state index contributed by atoms with van der Waals surface area (Å²) >= 11 is 5.84. The first-order valence-corrected chi connectivity index (χ1v) is 7.13. The third kappa shape index (κ3) is 3.81. The Hall–Kier alpha value is -2.53. The molecule has 0 fully saturated rings. The molecule has 0 saturated carbocycles. The van der Waals surface area contributed by atoms with E-state index in [0.29, 0.717) is 17.2 Å². The van der Waals surface area contributed by atoms with Gasteiger partial charge in [-0.25, -0.2) is 4.79 Å². The first-order chi connectivity index (χ1) is 11.0. The monoisotopic (exact) mass is 333 g/mol. The zero-order valence-corrected chi connectivity index (χ0v) is 13.7. The number of hydrogen-bond donors (Lipinski definition) is 1. The molecule has 0 unspecified atom stereocenters. The van der Waals surface area contributed by atoms with E-state index in [9.17, 15) is 4.79 Å². The van der Waals surface area contributed by atoms with E-state index in [1.54, 1.807) is 26.5 Å². The molecule has 0 heterocycles. The van der Waals surface area contributed by atoms with Crippen molar-refractivity contribution in [3.63, 3.8) is 0 Å². The van der Waals surface area contributed by atoms with Crippen LogP contribution in [0.2, 0.25) is 5.02 Å². The van der Waals surface area contributed by atoms with Crippen LogP contribution in [0.15, 0.2) is 35.3 Å². The third-order valence-electron chi connectivity index (χ3n) is 3.31. The summed E-state index contributed by atoms with van der Waals surface area (Å²) < 4.78 is 10.5. The second-order valence-electron chi connectivity index (χ2n) is 4.79. The van der Waals surface area contributed by atoms with Crippen molar-refractivity contribution in [1.29, 1.82) is 0 Å². The minimum absolute atomic E-state index is 0.0188. The number of carboxylic acid groups (broad SMARTS) is 1. The summed E-state index contributed by atoms with van der Waals surface area (Å²) in [4.78, 5) is 15.4. The maximum atomic E-state index is 11.1. The minimum Gasteiger partial charge on any atom is -0.493 e. The number of aromatic carboxylic acids is 1. The minimum atomic E-state index is -1.09. The van der Waals surface area contributed by atoms with Gasteiger partial charge in [0.2, 0.25) is 0 Å². The molecule has 0 aliphatic heterocycles. The Morgan fingerprint density at radius 3 is 2.43 bits per heavy atom. The molecule has 23 heavy (non-hydrogen) atoms. The number of methoxy groups -OCH3 is 2. The van der Waals surface area contributed by atoms with Crippen LogP contribution >= 0.6 is 11.6 Å². The van der Waals surface area contributed by atoms with Gasteiger partial charge in [-0.05, 0) is 48.4 Å². The molecule has 1 N–H and O–H groups in total. The molecule has 0 spiro atoms. The summed E-state index contributed by atoms with van der Waals surface area (Å²) in [7, 11) is 3.14. The number of halogens is 1. The van der Waals surface area contributed by atoms with Crippen LogP contribution in [0.4, 0.5) is 5.69 Å².